The number of ether oxygens (including phenoxy) is 4. The molecular formula is C45H44O9. The summed E-state index contributed by atoms with van der Waals surface area (Å²) in [7, 11) is 0. The summed E-state index contributed by atoms with van der Waals surface area (Å²) in [6, 6.07) is 16.4. The van der Waals surface area contributed by atoms with E-state index >= 15 is 4.79 Å². The Balaban J connectivity index is 1.42. The van der Waals surface area contributed by atoms with Gasteiger partial charge >= 0.3 is 0 Å². The maximum absolute atomic E-state index is 15.5. The highest BCUT2D eigenvalue weighted by Gasteiger charge is 2.77. The van der Waals surface area contributed by atoms with Crippen molar-refractivity contribution in [2.24, 2.45) is 5.92 Å². The summed E-state index contributed by atoms with van der Waals surface area (Å²) >= 11 is 0. The molecule has 0 aliphatic carbocycles. The summed E-state index contributed by atoms with van der Waals surface area (Å²) in [5.74, 6) is -2.99. The van der Waals surface area contributed by atoms with Crippen molar-refractivity contribution < 1.29 is 44.2 Å². The lowest BCUT2D eigenvalue weighted by Gasteiger charge is -2.40. The Kier molecular flexibility index (Phi) is 8.34. The second-order valence-electron chi connectivity index (χ2n) is 15.5. The van der Waals surface area contributed by atoms with Crippen molar-refractivity contribution in [3.63, 3.8) is 0 Å². The van der Waals surface area contributed by atoms with Crippen molar-refractivity contribution in [1.29, 1.82) is 0 Å². The summed E-state index contributed by atoms with van der Waals surface area (Å²) < 4.78 is 27.7. The second-order valence-corrected chi connectivity index (χ2v) is 15.5. The zero-order valence-corrected chi connectivity index (χ0v) is 31.2. The fraction of sp³-hybridized carbons (Fsp3) is 0.311. The monoisotopic (exact) mass is 728 g/mol. The third-order valence-corrected chi connectivity index (χ3v) is 11.0. The Morgan fingerprint density at radius 2 is 1.35 bits per heavy atom. The van der Waals surface area contributed by atoms with Crippen molar-refractivity contribution in [2.75, 3.05) is 0 Å². The minimum atomic E-state index is -1.82. The number of fused-ring (bicyclic) bond motifs is 6. The highest BCUT2D eigenvalue weighted by molar-refractivity contribution is 6.03. The van der Waals surface area contributed by atoms with Crippen LogP contribution in [0.25, 0.3) is 0 Å². The lowest BCUT2D eigenvalue weighted by molar-refractivity contribution is -0.268. The number of phenols is 4. The number of Topliss-reactive ketones (excluding diaryl/α,β-unsaturated/α-hetero) is 1. The van der Waals surface area contributed by atoms with Crippen LogP contribution in [0.5, 0.6) is 40.2 Å². The standard InChI is InChI=1S/C45H44O9/c1-23(2)7-10-26-19-28(12-17-34(26)47)45-40(41(50)32-20-27(11-8-24(3)4)36(49)22-38(32)53-45)39-31-15-13-29(46)21-37(31)51-43-44(39,54-45)33-16-18-35(48)30(42(33)52-43)14-9-25(5)6/h7-9,12-13,15-22,39-40,43,46-49H,10-11,14H2,1-6H3/t39-,40-,43+,44+,45-/m0/s1. The Morgan fingerprint density at radius 3 is 2.06 bits per heavy atom. The average Bonchev–Trinajstić information content (AvgIpc) is 3.60. The number of allylic oxidation sites excluding steroid dienone is 6. The molecule has 1 spiro atoms. The van der Waals surface area contributed by atoms with E-state index in [1.165, 1.54) is 12.1 Å². The van der Waals surface area contributed by atoms with Crippen LogP contribution in [0.3, 0.4) is 0 Å². The van der Waals surface area contributed by atoms with Gasteiger partial charge < -0.3 is 39.4 Å². The van der Waals surface area contributed by atoms with E-state index in [2.05, 4.69) is 0 Å². The van der Waals surface area contributed by atoms with E-state index in [0.29, 0.717) is 69.7 Å². The minimum Gasteiger partial charge on any atom is -0.508 e. The summed E-state index contributed by atoms with van der Waals surface area (Å²) in [5, 5.41) is 44.1. The zero-order valence-electron chi connectivity index (χ0n) is 31.2. The third-order valence-electron chi connectivity index (χ3n) is 11.0. The molecule has 9 nitrogen and oxygen atoms in total. The van der Waals surface area contributed by atoms with Crippen LogP contribution in [0.2, 0.25) is 0 Å². The maximum atomic E-state index is 15.5. The molecule has 0 bridgehead atoms. The van der Waals surface area contributed by atoms with Gasteiger partial charge in [0.05, 0.1) is 5.56 Å². The molecule has 4 aromatic rings. The van der Waals surface area contributed by atoms with Crippen molar-refractivity contribution in [3.05, 3.63) is 135 Å². The van der Waals surface area contributed by atoms with Gasteiger partial charge in [-0.1, -0.05) is 41.0 Å². The molecule has 4 aromatic carbocycles. The lowest BCUT2D eigenvalue weighted by atomic mass is 9.66. The van der Waals surface area contributed by atoms with Gasteiger partial charge in [0.1, 0.15) is 46.2 Å². The molecule has 0 saturated carbocycles. The molecule has 1 fully saturated rings. The predicted octanol–water partition coefficient (Wildman–Crippen LogP) is 8.90. The summed E-state index contributed by atoms with van der Waals surface area (Å²) in [4.78, 5) is 15.5. The van der Waals surface area contributed by atoms with Gasteiger partial charge in [-0.15, -0.1) is 0 Å². The van der Waals surface area contributed by atoms with E-state index < -0.39 is 29.5 Å². The maximum Gasteiger partial charge on any atom is 0.275 e. The van der Waals surface area contributed by atoms with Crippen LogP contribution >= 0.6 is 0 Å². The zero-order chi connectivity index (χ0) is 38.3. The first-order valence-corrected chi connectivity index (χ1v) is 18.3. The van der Waals surface area contributed by atoms with Gasteiger partial charge in [0.25, 0.3) is 6.29 Å². The topological polar surface area (TPSA) is 135 Å². The Hall–Kier alpha value is -5.67. The number of aromatic hydroxyl groups is 4. The van der Waals surface area contributed by atoms with Gasteiger partial charge in [-0.2, -0.15) is 0 Å². The van der Waals surface area contributed by atoms with Gasteiger partial charge in [0.2, 0.25) is 5.79 Å². The molecule has 0 aromatic heterocycles. The quantitative estimate of drug-likeness (QED) is 0.138. The fourth-order valence-electron chi connectivity index (χ4n) is 8.35. The van der Waals surface area contributed by atoms with Crippen LogP contribution in [0.15, 0.2) is 95.6 Å². The van der Waals surface area contributed by atoms with Crippen molar-refractivity contribution in [2.45, 2.75) is 84.4 Å². The number of carbonyl (C=O) groups excluding carboxylic acids is 1. The SMILES string of the molecule is CC(C)=CCc1cc([C@@]23Oc4cc(O)c(CC=C(C)C)cc4C(=O)[C@@H]2[C@@H]2c4ccc(O)cc4O[C@@H]4Oc5c(ccc(O)c5CC=C(C)C)[C@]42O3)ccc1O. The van der Waals surface area contributed by atoms with E-state index in [4.69, 9.17) is 18.9 Å². The van der Waals surface area contributed by atoms with Crippen LogP contribution in [0, 0.1) is 5.92 Å². The number of benzene rings is 4. The first kappa shape index (κ1) is 35.4. The second kappa shape index (κ2) is 12.7. The van der Waals surface area contributed by atoms with Gasteiger partial charge in [-0.3, -0.25) is 4.79 Å². The molecule has 5 atom stereocenters. The van der Waals surface area contributed by atoms with Crippen molar-refractivity contribution in [1.82, 2.24) is 0 Å². The molecular weight excluding hydrogens is 684 g/mol. The number of hydrogen-bond donors (Lipinski definition) is 4. The van der Waals surface area contributed by atoms with Crippen molar-refractivity contribution in [3.8, 4) is 40.2 Å². The Labute approximate surface area is 314 Å². The number of rotatable bonds is 7. The molecule has 4 aliphatic rings. The van der Waals surface area contributed by atoms with Gasteiger partial charge in [0.15, 0.2) is 11.4 Å². The van der Waals surface area contributed by atoms with Gasteiger partial charge in [-0.25, -0.2) is 0 Å². The molecule has 278 valence electrons. The van der Waals surface area contributed by atoms with E-state index in [1.54, 1.807) is 48.5 Å². The first-order valence-electron chi connectivity index (χ1n) is 18.3. The lowest BCUT2D eigenvalue weighted by Crippen LogP contribution is -2.49. The molecule has 0 radical (unpaired) electrons. The molecule has 54 heavy (non-hydrogen) atoms. The summed E-state index contributed by atoms with van der Waals surface area (Å²) in [6.07, 6.45) is 6.02. The number of ketones is 1. The molecule has 4 heterocycles. The Bertz CT molecular complexity index is 2320. The smallest absolute Gasteiger partial charge is 0.275 e. The predicted molar refractivity (Wildman–Crippen MR) is 203 cm³/mol. The largest absolute Gasteiger partial charge is 0.508 e. The van der Waals surface area contributed by atoms with E-state index in [1.807, 2.05) is 59.8 Å². The molecule has 9 heteroatoms. The summed E-state index contributed by atoms with van der Waals surface area (Å²) in [5.41, 5.74) is 5.38. The first-order chi connectivity index (χ1) is 25.7. The van der Waals surface area contributed by atoms with Crippen molar-refractivity contribution >= 4 is 5.78 Å². The Morgan fingerprint density at radius 1 is 0.685 bits per heavy atom. The number of phenolic OH excluding ortho intramolecular Hbond substituents is 4. The summed E-state index contributed by atoms with van der Waals surface area (Å²) in [6.45, 7) is 11.9. The van der Waals surface area contributed by atoms with E-state index in [0.717, 1.165) is 16.7 Å². The molecule has 1 saturated heterocycles. The van der Waals surface area contributed by atoms with E-state index in [-0.39, 0.29) is 34.5 Å². The van der Waals surface area contributed by atoms with Crippen LogP contribution in [-0.4, -0.2) is 32.5 Å². The average molecular weight is 729 g/mol. The fourth-order valence-corrected chi connectivity index (χ4v) is 8.35. The molecule has 0 unspecified atom stereocenters. The molecule has 4 N–H and O–H groups in total. The number of carbonyl (C=O) groups is 1. The highest BCUT2D eigenvalue weighted by Crippen LogP contribution is 2.71. The van der Waals surface area contributed by atoms with E-state index in [9.17, 15) is 20.4 Å². The molecule has 8 rings (SSSR count). The van der Waals surface area contributed by atoms with Gasteiger partial charge in [0, 0.05) is 40.3 Å². The normalized spacial score (nSPS) is 23.9. The third kappa shape index (κ3) is 5.36. The van der Waals surface area contributed by atoms with Crippen LogP contribution < -0.4 is 14.2 Å². The number of hydrogen-bond acceptors (Lipinski definition) is 9. The molecule has 4 aliphatic heterocycles. The molecule has 0 amide bonds. The van der Waals surface area contributed by atoms with Crippen LogP contribution in [0.4, 0.5) is 0 Å². The van der Waals surface area contributed by atoms with Gasteiger partial charge in [-0.05, 0) is 114 Å². The minimum absolute atomic E-state index is 0.0212. The van der Waals surface area contributed by atoms with Crippen LogP contribution in [0.1, 0.15) is 91.2 Å². The van der Waals surface area contributed by atoms with Crippen LogP contribution in [-0.2, 0) is 35.4 Å². The highest BCUT2D eigenvalue weighted by atomic mass is 16.8.